The van der Waals surface area contributed by atoms with Crippen LogP contribution in [-0.2, 0) is 21.2 Å². The average Bonchev–Trinajstić information content (AvgIpc) is 3.21. The number of aryl methyl sites for hydroxylation is 1. The number of nitrogens with one attached hydrogen (secondary N) is 1. The predicted octanol–water partition coefficient (Wildman–Crippen LogP) is 4.11. The first kappa shape index (κ1) is 21.7. The highest BCUT2D eigenvalue weighted by Crippen LogP contribution is 2.25. The Bertz CT molecular complexity index is 1380. The van der Waals surface area contributed by atoms with Crippen LogP contribution in [0.2, 0.25) is 0 Å². The third-order valence-corrected chi connectivity index (χ3v) is 6.55. The summed E-state index contributed by atoms with van der Waals surface area (Å²) in [7, 11) is -2.56. The quantitative estimate of drug-likeness (QED) is 0.426. The molecule has 0 spiro atoms. The van der Waals surface area contributed by atoms with Crippen molar-refractivity contribution >= 4 is 27.1 Å². The summed E-state index contributed by atoms with van der Waals surface area (Å²) in [6.45, 7) is 1.81. The first-order valence-electron chi connectivity index (χ1n) is 10.0. The van der Waals surface area contributed by atoms with Crippen LogP contribution in [0.3, 0.4) is 0 Å². The van der Waals surface area contributed by atoms with Gasteiger partial charge in [0, 0.05) is 13.0 Å². The van der Waals surface area contributed by atoms with Crippen LogP contribution < -0.4 is 4.72 Å². The van der Waals surface area contributed by atoms with Crippen LogP contribution in [0.25, 0.3) is 22.2 Å². The highest BCUT2D eigenvalue weighted by atomic mass is 32.2. The number of benzene rings is 3. The molecule has 0 bridgehead atoms. The number of sulfonamides is 1. The van der Waals surface area contributed by atoms with Crippen molar-refractivity contribution in [2.24, 2.45) is 0 Å². The summed E-state index contributed by atoms with van der Waals surface area (Å²) in [6, 6.07) is 20.1. The molecule has 3 aromatic carbocycles. The van der Waals surface area contributed by atoms with Crippen molar-refractivity contribution < 1.29 is 22.4 Å². The van der Waals surface area contributed by atoms with Gasteiger partial charge in [-0.15, -0.1) is 0 Å². The van der Waals surface area contributed by atoms with Crippen LogP contribution in [0.15, 0.2) is 76.0 Å². The Labute approximate surface area is 186 Å². The highest BCUT2D eigenvalue weighted by molar-refractivity contribution is 7.89. The molecule has 1 aromatic heterocycles. The van der Waals surface area contributed by atoms with Gasteiger partial charge < -0.3 is 9.15 Å². The third kappa shape index (κ3) is 4.56. The van der Waals surface area contributed by atoms with E-state index in [-0.39, 0.29) is 23.4 Å². The predicted molar refractivity (Wildman–Crippen MR) is 121 cm³/mol. The summed E-state index contributed by atoms with van der Waals surface area (Å²) in [5.74, 6) is -0.145. The lowest BCUT2D eigenvalue weighted by Crippen LogP contribution is -2.26. The number of rotatable bonds is 7. The van der Waals surface area contributed by atoms with Crippen LogP contribution >= 0.6 is 0 Å². The zero-order valence-electron chi connectivity index (χ0n) is 17.7. The molecule has 4 rings (SSSR count). The molecule has 0 radical (unpaired) electrons. The van der Waals surface area contributed by atoms with Gasteiger partial charge in [0.05, 0.1) is 17.6 Å². The lowest BCUT2D eigenvalue weighted by atomic mass is 10.1. The van der Waals surface area contributed by atoms with E-state index in [1.165, 1.54) is 19.2 Å². The number of oxazole rings is 1. The minimum absolute atomic E-state index is 0.00596. The summed E-state index contributed by atoms with van der Waals surface area (Å²) < 4.78 is 38.3. The number of carbonyl (C=O) groups is 1. The molecule has 7 nitrogen and oxygen atoms in total. The van der Waals surface area contributed by atoms with Gasteiger partial charge in [0.1, 0.15) is 5.52 Å². The smallest absolute Gasteiger partial charge is 0.338 e. The maximum Gasteiger partial charge on any atom is 0.338 e. The number of methoxy groups -OCH3 is 1. The molecule has 8 heteroatoms. The molecule has 0 saturated heterocycles. The molecular formula is C24H22N2O5S. The number of carbonyl (C=O) groups excluding carboxylic acids is 1. The summed E-state index contributed by atoms with van der Waals surface area (Å²) in [6.07, 6.45) is 0.282. The van der Waals surface area contributed by atoms with Crippen LogP contribution in [0, 0.1) is 6.92 Å². The molecule has 0 amide bonds. The zero-order chi connectivity index (χ0) is 22.7. The van der Waals surface area contributed by atoms with Gasteiger partial charge in [0.2, 0.25) is 10.0 Å². The van der Waals surface area contributed by atoms with Gasteiger partial charge in [0.15, 0.2) is 11.5 Å². The lowest BCUT2D eigenvalue weighted by Gasteiger charge is -2.09. The van der Waals surface area contributed by atoms with Crippen LogP contribution in [0.4, 0.5) is 0 Å². The van der Waals surface area contributed by atoms with E-state index in [1.807, 2.05) is 48.5 Å². The second kappa shape index (κ2) is 8.94. The molecule has 0 atom stereocenters. The molecule has 1 N–H and O–H groups in total. The molecule has 4 aromatic rings. The van der Waals surface area contributed by atoms with Crippen LogP contribution in [0.1, 0.15) is 21.8 Å². The fourth-order valence-electron chi connectivity index (χ4n) is 3.37. The number of nitrogens with zero attached hydrogens (tertiary/aromatic N) is 1. The van der Waals surface area contributed by atoms with Gasteiger partial charge in [-0.25, -0.2) is 22.9 Å². The lowest BCUT2D eigenvalue weighted by molar-refractivity contribution is 0.0599. The average molecular weight is 451 g/mol. The minimum atomic E-state index is -3.81. The third-order valence-electron chi connectivity index (χ3n) is 5.09. The van der Waals surface area contributed by atoms with Crippen molar-refractivity contribution in [1.82, 2.24) is 9.71 Å². The van der Waals surface area contributed by atoms with E-state index in [4.69, 9.17) is 9.15 Å². The number of esters is 1. The van der Waals surface area contributed by atoms with Crippen molar-refractivity contribution in [3.63, 3.8) is 0 Å². The van der Waals surface area contributed by atoms with E-state index in [0.717, 1.165) is 11.1 Å². The zero-order valence-corrected chi connectivity index (χ0v) is 18.5. The molecule has 0 fully saturated rings. The first-order chi connectivity index (χ1) is 15.4. The SMILES string of the molecule is COC(=O)c1cc(S(=O)(=O)NCCc2nc3cc(-c4ccccc4)ccc3o2)ccc1C. The molecule has 0 aliphatic rings. The van der Waals surface area contributed by atoms with Gasteiger partial charge >= 0.3 is 5.97 Å². The normalized spacial score (nSPS) is 11.6. The molecule has 164 valence electrons. The summed E-state index contributed by atoms with van der Waals surface area (Å²) in [5.41, 5.74) is 4.31. The summed E-state index contributed by atoms with van der Waals surface area (Å²) in [4.78, 5) is 16.3. The minimum Gasteiger partial charge on any atom is -0.465 e. The van der Waals surface area contributed by atoms with E-state index < -0.39 is 16.0 Å². The van der Waals surface area contributed by atoms with Gasteiger partial charge in [-0.1, -0.05) is 42.5 Å². The van der Waals surface area contributed by atoms with E-state index in [0.29, 0.717) is 22.6 Å². The fraction of sp³-hybridized carbons (Fsp3) is 0.167. The van der Waals surface area contributed by atoms with E-state index in [1.54, 1.807) is 13.0 Å². The van der Waals surface area contributed by atoms with Gasteiger partial charge in [-0.2, -0.15) is 0 Å². The number of hydrogen-bond donors (Lipinski definition) is 1. The Morgan fingerprint density at radius 1 is 1.03 bits per heavy atom. The van der Waals surface area contributed by atoms with Crippen molar-refractivity contribution in [3.05, 3.63) is 83.7 Å². The number of aromatic nitrogens is 1. The van der Waals surface area contributed by atoms with Crippen LogP contribution in [-0.4, -0.2) is 33.0 Å². The second-order valence-corrected chi connectivity index (χ2v) is 9.04. The summed E-state index contributed by atoms with van der Waals surface area (Å²) >= 11 is 0. The Morgan fingerprint density at radius 3 is 2.56 bits per heavy atom. The highest BCUT2D eigenvalue weighted by Gasteiger charge is 2.18. The molecule has 0 unspecified atom stereocenters. The molecule has 0 saturated carbocycles. The number of hydrogen-bond acceptors (Lipinski definition) is 6. The Kier molecular flexibility index (Phi) is 6.07. The first-order valence-corrected chi connectivity index (χ1v) is 11.5. The monoisotopic (exact) mass is 450 g/mol. The van der Waals surface area contributed by atoms with Crippen molar-refractivity contribution in [2.75, 3.05) is 13.7 Å². The van der Waals surface area contributed by atoms with E-state index >= 15 is 0 Å². The topological polar surface area (TPSA) is 98.5 Å². The van der Waals surface area contributed by atoms with E-state index in [9.17, 15) is 13.2 Å². The molecule has 0 aliphatic heterocycles. The van der Waals surface area contributed by atoms with Crippen molar-refractivity contribution in [3.8, 4) is 11.1 Å². The summed E-state index contributed by atoms with van der Waals surface area (Å²) in [5, 5.41) is 0. The standard InChI is InChI=1S/C24H22N2O5S/c1-16-8-10-19(15-20(16)24(27)30-2)32(28,29)25-13-12-23-26-21-14-18(9-11-22(21)31-23)17-6-4-3-5-7-17/h3-11,14-15,25H,12-13H2,1-2H3. The molecular weight excluding hydrogens is 428 g/mol. The maximum absolute atomic E-state index is 12.7. The maximum atomic E-state index is 12.7. The fourth-order valence-corrected chi connectivity index (χ4v) is 4.42. The van der Waals surface area contributed by atoms with Crippen molar-refractivity contribution in [1.29, 1.82) is 0 Å². The largest absolute Gasteiger partial charge is 0.465 e. The van der Waals surface area contributed by atoms with Gasteiger partial charge in [-0.05, 0) is 47.9 Å². The van der Waals surface area contributed by atoms with Crippen LogP contribution in [0.5, 0.6) is 0 Å². The molecule has 32 heavy (non-hydrogen) atoms. The molecule has 0 aliphatic carbocycles. The van der Waals surface area contributed by atoms with Crippen molar-refractivity contribution in [2.45, 2.75) is 18.2 Å². The number of ether oxygens (including phenoxy) is 1. The van der Waals surface area contributed by atoms with Gasteiger partial charge in [-0.3, -0.25) is 0 Å². The van der Waals surface area contributed by atoms with E-state index in [2.05, 4.69) is 9.71 Å². The Hall–Kier alpha value is -3.49. The Balaban J connectivity index is 1.46. The molecule has 1 heterocycles. The van der Waals surface area contributed by atoms with Gasteiger partial charge in [0.25, 0.3) is 0 Å². The second-order valence-electron chi connectivity index (χ2n) is 7.27. The Morgan fingerprint density at radius 2 is 1.81 bits per heavy atom. The number of fused-ring (bicyclic) bond motifs is 1.